The van der Waals surface area contributed by atoms with Crippen LogP contribution in [0.4, 0.5) is 0 Å². The smallest absolute Gasteiger partial charge is 0.0526 e. The third-order valence-electron chi connectivity index (χ3n) is 3.24. The van der Waals surface area contributed by atoms with Gasteiger partial charge in [0.25, 0.3) is 0 Å². The molecule has 90 valence electrons. The number of hydrogen-bond donors (Lipinski definition) is 1. The molecule has 15 heavy (non-hydrogen) atoms. The lowest BCUT2D eigenvalue weighted by Crippen LogP contribution is -2.37. The number of ether oxygens (including phenoxy) is 1. The van der Waals surface area contributed by atoms with E-state index in [1.165, 1.54) is 12.8 Å². The minimum Gasteiger partial charge on any atom is -0.393 e. The highest BCUT2D eigenvalue weighted by molar-refractivity contribution is 4.72. The molecule has 1 saturated heterocycles. The normalized spacial score (nSPS) is 26.6. The maximum absolute atomic E-state index is 9.33. The highest BCUT2D eigenvalue weighted by atomic mass is 16.5. The van der Waals surface area contributed by atoms with Gasteiger partial charge in [-0.15, -0.1) is 0 Å². The Bertz CT molecular complexity index is 167. The number of aliphatic hydroxyl groups is 1. The standard InChI is InChI=1S/C12H25NO2/c1-10(7-11(2)14)13(3)8-12-5-4-6-15-9-12/h10-12,14H,4-9H2,1-3H3. The first-order chi connectivity index (χ1) is 7.09. The van der Waals surface area contributed by atoms with Gasteiger partial charge in [-0.1, -0.05) is 0 Å². The van der Waals surface area contributed by atoms with Gasteiger partial charge < -0.3 is 14.7 Å². The minimum absolute atomic E-state index is 0.204. The predicted octanol–water partition coefficient (Wildman–Crippen LogP) is 1.50. The Hall–Kier alpha value is -0.120. The van der Waals surface area contributed by atoms with Crippen molar-refractivity contribution in [1.82, 2.24) is 4.90 Å². The number of aliphatic hydroxyl groups excluding tert-OH is 1. The van der Waals surface area contributed by atoms with E-state index < -0.39 is 0 Å². The van der Waals surface area contributed by atoms with Crippen LogP contribution < -0.4 is 0 Å². The first-order valence-corrected chi connectivity index (χ1v) is 6.05. The van der Waals surface area contributed by atoms with Crippen LogP contribution in [0, 0.1) is 5.92 Å². The van der Waals surface area contributed by atoms with Gasteiger partial charge in [-0.05, 0) is 46.1 Å². The van der Waals surface area contributed by atoms with Gasteiger partial charge in [-0.2, -0.15) is 0 Å². The van der Waals surface area contributed by atoms with Crippen molar-refractivity contribution in [1.29, 1.82) is 0 Å². The Morgan fingerprint density at radius 1 is 1.47 bits per heavy atom. The zero-order valence-electron chi connectivity index (χ0n) is 10.3. The van der Waals surface area contributed by atoms with E-state index in [0.717, 1.165) is 26.2 Å². The molecule has 0 amide bonds. The average molecular weight is 215 g/mol. The van der Waals surface area contributed by atoms with Crippen molar-refractivity contribution < 1.29 is 9.84 Å². The Balaban J connectivity index is 2.23. The third-order valence-corrected chi connectivity index (χ3v) is 3.24. The van der Waals surface area contributed by atoms with Gasteiger partial charge in [-0.25, -0.2) is 0 Å². The zero-order chi connectivity index (χ0) is 11.3. The first-order valence-electron chi connectivity index (χ1n) is 6.05. The third kappa shape index (κ3) is 4.96. The molecule has 3 heteroatoms. The molecule has 0 aromatic rings. The van der Waals surface area contributed by atoms with Crippen LogP contribution >= 0.6 is 0 Å². The molecule has 1 aliphatic rings. The lowest BCUT2D eigenvalue weighted by molar-refractivity contribution is 0.0332. The molecular formula is C12H25NO2. The van der Waals surface area contributed by atoms with Crippen molar-refractivity contribution in [2.75, 3.05) is 26.8 Å². The lowest BCUT2D eigenvalue weighted by atomic mass is 10.0. The van der Waals surface area contributed by atoms with E-state index in [2.05, 4.69) is 18.9 Å². The summed E-state index contributed by atoms with van der Waals surface area (Å²) in [7, 11) is 2.14. The molecule has 1 fully saturated rings. The Kier molecular flexibility index (Phi) is 5.58. The summed E-state index contributed by atoms with van der Waals surface area (Å²) in [4.78, 5) is 2.34. The van der Waals surface area contributed by atoms with Crippen LogP contribution in [0.3, 0.4) is 0 Å². The maximum atomic E-state index is 9.33. The fraction of sp³-hybridized carbons (Fsp3) is 1.00. The van der Waals surface area contributed by atoms with Crippen molar-refractivity contribution in [2.24, 2.45) is 5.92 Å². The van der Waals surface area contributed by atoms with Crippen molar-refractivity contribution in [3.63, 3.8) is 0 Å². The summed E-state index contributed by atoms with van der Waals surface area (Å²) in [5.41, 5.74) is 0. The van der Waals surface area contributed by atoms with Gasteiger partial charge >= 0.3 is 0 Å². The second kappa shape index (κ2) is 6.46. The highest BCUT2D eigenvalue weighted by Crippen LogP contribution is 2.16. The molecule has 1 N–H and O–H groups in total. The largest absolute Gasteiger partial charge is 0.393 e. The Labute approximate surface area is 93.4 Å². The quantitative estimate of drug-likeness (QED) is 0.754. The molecule has 1 aliphatic heterocycles. The second-order valence-electron chi connectivity index (χ2n) is 4.96. The Morgan fingerprint density at radius 3 is 2.73 bits per heavy atom. The van der Waals surface area contributed by atoms with E-state index >= 15 is 0 Å². The van der Waals surface area contributed by atoms with E-state index in [4.69, 9.17) is 4.74 Å². The Morgan fingerprint density at radius 2 is 2.20 bits per heavy atom. The minimum atomic E-state index is -0.204. The number of hydrogen-bond acceptors (Lipinski definition) is 3. The maximum Gasteiger partial charge on any atom is 0.0526 e. The van der Waals surface area contributed by atoms with Crippen LogP contribution in [0.5, 0.6) is 0 Å². The molecule has 0 aromatic heterocycles. The molecule has 3 nitrogen and oxygen atoms in total. The van der Waals surface area contributed by atoms with Gasteiger partial charge in [0.05, 0.1) is 12.7 Å². The fourth-order valence-corrected chi connectivity index (χ4v) is 2.21. The van der Waals surface area contributed by atoms with Gasteiger partial charge in [0.2, 0.25) is 0 Å². The van der Waals surface area contributed by atoms with E-state index in [9.17, 15) is 5.11 Å². The van der Waals surface area contributed by atoms with Crippen LogP contribution in [-0.4, -0.2) is 49.0 Å². The molecule has 0 spiro atoms. The van der Waals surface area contributed by atoms with E-state index in [1.54, 1.807) is 0 Å². The van der Waals surface area contributed by atoms with Crippen molar-refractivity contribution in [2.45, 2.75) is 45.3 Å². The second-order valence-corrected chi connectivity index (χ2v) is 4.96. The SMILES string of the molecule is CC(O)CC(C)N(C)CC1CCCOC1. The van der Waals surface area contributed by atoms with E-state index in [-0.39, 0.29) is 6.10 Å². The van der Waals surface area contributed by atoms with Crippen LogP contribution in [0.1, 0.15) is 33.1 Å². The first kappa shape index (κ1) is 12.9. The van der Waals surface area contributed by atoms with E-state index in [0.29, 0.717) is 12.0 Å². The molecule has 3 unspecified atom stereocenters. The summed E-state index contributed by atoms with van der Waals surface area (Å²) < 4.78 is 5.47. The summed E-state index contributed by atoms with van der Waals surface area (Å²) in [6, 6.07) is 0.451. The molecule has 0 radical (unpaired) electrons. The van der Waals surface area contributed by atoms with Crippen LogP contribution in [0.2, 0.25) is 0 Å². The topological polar surface area (TPSA) is 32.7 Å². The molecule has 0 saturated carbocycles. The molecule has 0 aliphatic carbocycles. The number of rotatable bonds is 5. The predicted molar refractivity (Wildman–Crippen MR) is 61.9 cm³/mol. The van der Waals surface area contributed by atoms with Crippen LogP contribution in [-0.2, 0) is 4.74 Å². The van der Waals surface area contributed by atoms with Crippen molar-refractivity contribution >= 4 is 0 Å². The highest BCUT2D eigenvalue weighted by Gasteiger charge is 2.19. The molecule has 0 aromatic carbocycles. The molecule has 1 rings (SSSR count). The van der Waals surface area contributed by atoms with Crippen molar-refractivity contribution in [3.8, 4) is 0 Å². The molecule has 3 atom stereocenters. The summed E-state index contributed by atoms with van der Waals surface area (Å²) in [5.74, 6) is 0.681. The number of nitrogens with zero attached hydrogens (tertiary/aromatic N) is 1. The van der Waals surface area contributed by atoms with Crippen LogP contribution in [0.25, 0.3) is 0 Å². The average Bonchev–Trinajstić information content (AvgIpc) is 2.18. The van der Waals surface area contributed by atoms with Gasteiger partial charge in [0.15, 0.2) is 0 Å². The lowest BCUT2D eigenvalue weighted by Gasteiger charge is -2.31. The summed E-state index contributed by atoms with van der Waals surface area (Å²) >= 11 is 0. The molecule has 1 heterocycles. The monoisotopic (exact) mass is 215 g/mol. The van der Waals surface area contributed by atoms with Gasteiger partial charge in [0, 0.05) is 19.2 Å². The van der Waals surface area contributed by atoms with Crippen molar-refractivity contribution in [3.05, 3.63) is 0 Å². The molecular weight excluding hydrogens is 190 g/mol. The van der Waals surface area contributed by atoms with Gasteiger partial charge in [-0.3, -0.25) is 0 Å². The summed E-state index contributed by atoms with van der Waals surface area (Å²) in [5, 5.41) is 9.33. The van der Waals surface area contributed by atoms with Crippen LogP contribution in [0.15, 0.2) is 0 Å². The van der Waals surface area contributed by atoms with Gasteiger partial charge in [0.1, 0.15) is 0 Å². The summed E-state index contributed by atoms with van der Waals surface area (Å²) in [6.45, 7) is 6.97. The summed E-state index contributed by atoms with van der Waals surface area (Å²) in [6.07, 6.45) is 3.13. The van der Waals surface area contributed by atoms with E-state index in [1.807, 2.05) is 6.92 Å². The fourth-order valence-electron chi connectivity index (χ4n) is 2.21. The molecule has 0 bridgehead atoms. The zero-order valence-corrected chi connectivity index (χ0v) is 10.3.